The largest absolute Gasteiger partial charge is 0.418 e. The van der Waals surface area contributed by atoms with Crippen LogP contribution in [0.15, 0.2) is 42.5 Å². The van der Waals surface area contributed by atoms with Crippen LogP contribution in [0.3, 0.4) is 0 Å². The third-order valence-electron chi connectivity index (χ3n) is 10.2. The maximum absolute atomic E-state index is 14.7. The summed E-state index contributed by atoms with van der Waals surface area (Å²) in [5.41, 5.74) is -1.37. The van der Waals surface area contributed by atoms with Crippen molar-refractivity contribution in [1.29, 1.82) is 0 Å². The van der Waals surface area contributed by atoms with Crippen LogP contribution in [0.4, 0.5) is 17.6 Å². The molecule has 0 saturated carbocycles. The highest BCUT2D eigenvalue weighted by atomic mass is 32.1. The molecule has 6 N–H and O–H groups in total. The third-order valence-corrected chi connectivity index (χ3v) is 10.6. The first kappa shape index (κ1) is 40.7. The van der Waals surface area contributed by atoms with Gasteiger partial charge in [0.15, 0.2) is 0 Å². The van der Waals surface area contributed by atoms with Crippen LogP contribution in [0.5, 0.6) is 0 Å². The van der Waals surface area contributed by atoms with Gasteiger partial charge in [-0.15, -0.1) is 0 Å². The summed E-state index contributed by atoms with van der Waals surface area (Å²) in [7, 11) is 0. The Balaban J connectivity index is 1.72. The lowest BCUT2D eigenvalue weighted by Gasteiger charge is -2.40. The summed E-state index contributed by atoms with van der Waals surface area (Å²) in [6, 6.07) is 7.98. The van der Waals surface area contributed by atoms with Crippen LogP contribution in [0.1, 0.15) is 82.2 Å². The van der Waals surface area contributed by atoms with Gasteiger partial charge in [0.25, 0.3) is 0 Å². The van der Waals surface area contributed by atoms with E-state index in [4.69, 9.17) is 12.2 Å². The van der Waals surface area contributed by atoms with Crippen LogP contribution >= 0.6 is 12.2 Å². The average molecular weight is 748 g/mol. The molecule has 14 heteroatoms. The van der Waals surface area contributed by atoms with Gasteiger partial charge in [-0.3, -0.25) is 14.4 Å². The normalized spacial score (nSPS) is 18.1. The average Bonchev–Trinajstić information content (AvgIpc) is 3.48. The number of benzene rings is 2. The molecule has 2 unspecified atom stereocenters. The van der Waals surface area contributed by atoms with Gasteiger partial charge in [0.05, 0.1) is 28.5 Å². The van der Waals surface area contributed by atoms with Crippen LogP contribution in [-0.4, -0.2) is 63.6 Å². The SMILES string of the molecule is CCC(C)[C@H](NC(=O)Cc1ccccc1F)C(=O)N[C@]1(C(=O)NC(C(=S)NCCCCO)[C@@H](C)CC)CCc2[nH]c3c(C(F)(F)F)cccc3c2C1. The van der Waals surface area contributed by atoms with Gasteiger partial charge in [-0.1, -0.05) is 83.1 Å². The second-order valence-corrected chi connectivity index (χ2v) is 14.3. The Morgan fingerprint density at radius 1 is 0.981 bits per heavy atom. The highest BCUT2D eigenvalue weighted by molar-refractivity contribution is 7.80. The van der Waals surface area contributed by atoms with Crippen molar-refractivity contribution in [2.45, 2.75) is 103 Å². The standard InChI is InChI=1S/C38H49F4N5O4S/c1-5-22(3)31(45-30(49)20-24-12-7-8-15-28(24)39)34(50)47-37(36(51)46-32(23(4)6-2)35(52)43-18-9-10-19-48)17-16-29-26(21-37)25-13-11-14-27(33(25)44-29)38(40,41)42/h7-8,11-15,22-23,31-32,44,48H,5-6,9-10,16-21H2,1-4H3,(H,43,52)(H,45,49)(H,46,51)(H,47,50)/t22?,23-,31-,32?,37+/m0/s1. The van der Waals surface area contributed by atoms with Crippen molar-refractivity contribution in [3.8, 4) is 0 Å². The molecule has 1 heterocycles. The van der Waals surface area contributed by atoms with E-state index in [1.165, 1.54) is 24.3 Å². The number of halogens is 4. The van der Waals surface area contributed by atoms with Crippen molar-refractivity contribution in [3.05, 3.63) is 70.7 Å². The molecule has 1 aliphatic rings. The van der Waals surface area contributed by atoms with E-state index in [9.17, 15) is 37.1 Å². The maximum atomic E-state index is 14.7. The van der Waals surface area contributed by atoms with Crippen molar-refractivity contribution >= 4 is 45.8 Å². The Morgan fingerprint density at radius 3 is 2.33 bits per heavy atom. The first-order valence-corrected chi connectivity index (χ1v) is 18.3. The summed E-state index contributed by atoms with van der Waals surface area (Å²) in [5.74, 6) is -2.86. The molecule has 0 radical (unpaired) electrons. The molecule has 0 fully saturated rings. The zero-order chi connectivity index (χ0) is 38.2. The predicted molar refractivity (Wildman–Crippen MR) is 196 cm³/mol. The number of para-hydroxylation sites is 1. The van der Waals surface area contributed by atoms with Crippen molar-refractivity contribution in [3.63, 3.8) is 0 Å². The minimum absolute atomic E-state index is 0.0315. The van der Waals surface area contributed by atoms with Crippen molar-refractivity contribution in [1.82, 2.24) is 26.3 Å². The lowest BCUT2D eigenvalue weighted by atomic mass is 9.78. The highest BCUT2D eigenvalue weighted by Crippen LogP contribution is 2.40. The molecule has 1 aromatic heterocycles. The molecule has 0 saturated heterocycles. The molecule has 0 spiro atoms. The second kappa shape index (κ2) is 17.7. The van der Waals surface area contributed by atoms with Crippen LogP contribution in [0, 0.1) is 17.7 Å². The Labute approximate surface area is 307 Å². The van der Waals surface area contributed by atoms with E-state index >= 15 is 0 Å². The minimum Gasteiger partial charge on any atom is -0.396 e. The molecule has 284 valence electrons. The predicted octanol–water partition coefficient (Wildman–Crippen LogP) is 5.66. The molecule has 2 aromatic carbocycles. The smallest absolute Gasteiger partial charge is 0.396 e. The van der Waals surface area contributed by atoms with Gasteiger partial charge in [-0.25, -0.2) is 4.39 Å². The van der Waals surface area contributed by atoms with Gasteiger partial charge < -0.3 is 31.4 Å². The number of aromatic amines is 1. The molecule has 3 aromatic rings. The van der Waals surface area contributed by atoms with E-state index in [0.29, 0.717) is 53.9 Å². The molecule has 0 aliphatic heterocycles. The van der Waals surface area contributed by atoms with E-state index in [0.717, 1.165) is 6.07 Å². The summed E-state index contributed by atoms with van der Waals surface area (Å²) in [6.45, 7) is 8.01. The van der Waals surface area contributed by atoms with Crippen molar-refractivity contribution < 1.29 is 37.1 Å². The van der Waals surface area contributed by atoms with Gasteiger partial charge in [-0.2, -0.15) is 13.2 Å². The number of thiocarbonyl (C=S) groups is 1. The van der Waals surface area contributed by atoms with E-state index in [-0.39, 0.29) is 49.3 Å². The zero-order valence-corrected chi connectivity index (χ0v) is 30.8. The molecule has 1 aliphatic carbocycles. The number of H-pyrrole nitrogens is 1. The number of hydrogen-bond acceptors (Lipinski definition) is 5. The second-order valence-electron chi connectivity index (χ2n) is 13.8. The molecule has 3 amide bonds. The number of aliphatic hydroxyl groups excluding tert-OH is 1. The molecule has 9 nitrogen and oxygen atoms in total. The Morgan fingerprint density at radius 2 is 1.67 bits per heavy atom. The minimum atomic E-state index is -4.62. The van der Waals surface area contributed by atoms with Gasteiger partial charge in [0.2, 0.25) is 17.7 Å². The lowest BCUT2D eigenvalue weighted by Crippen LogP contribution is -2.67. The number of alkyl halides is 3. The van der Waals surface area contributed by atoms with Crippen LogP contribution in [0.2, 0.25) is 0 Å². The first-order chi connectivity index (χ1) is 24.6. The Hall–Kier alpha value is -4.04. The monoisotopic (exact) mass is 747 g/mol. The number of carbonyl (C=O) groups is 3. The molecule has 52 heavy (non-hydrogen) atoms. The van der Waals surface area contributed by atoms with Crippen LogP contribution in [-0.2, 0) is 39.8 Å². The van der Waals surface area contributed by atoms with Crippen molar-refractivity contribution in [2.75, 3.05) is 13.2 Å². The fourth-order valence-corrected chi connectivity index (χ4v) is 7.05. The quantitative estimate of drug-likeness (QED) is 0.0637. The van der Waals surface area contributed by atoms with E-state index in [1.807, 2.05) is 20.8 Å². The summed E-state index contributed by atoms with van der Waals surface area (Å²) < 4.78 is 56.5. The Bertz CT molecular complexity index is 1750. The Kier molecular flexibility index (Phi) is 13.8. The van der Waals surface area contributed by atoms with E-state index < -0.39 is 58.8 Å². The summed E-state index contributed by atoms with van der Waals surface area (Å²) in [6.07, 6.45) is -2.49. The number of rotatable bonds is 16. The summed E-state index contributed by atoms with van der Waals surface area (Å²) in [4.78, 5) is 45.5. The number of nitrogens with one attached hydrogen (secondary N) is 5. The number of carbonyl (C=O) groups excluding carboxylic acids is 3. The topological polar surface area (TPSA) is 135 Å². The molecule has 0 bridgehead atoms. The number of hydrogen-bond donors (Lipinski definition) is 6. The van der Waals surface area contributed by atoms with Gasteiger partial charge in [0, 0.05) is 30.7 Å². The van der Waals surface area contributed by atoms with Crippen LogP contribution in [0.25, 0.3) is 10.9 Å². The zero-order valence-electron chi connectivity index (χ0n) is 30.0. The number of unbranched alkanes of at least 4 members (excludes halogenated alkanes) is 1. The summed E-state index contributed by atoms with van der Waals surface area (Å²) >= 11 is 5.71. The number of fused-ring (bicyclic) bond motifs is 3. The molecule has 4 rings (SSSR count). The lowest BCUT2D eigenvalue weighted by molar-refractivity contribution is -0.137. The number of amides is 3. The third kappa shape index (κ3) is 9.49. The number of aliphatic hydroxyl groups is 1. The molecular formula is C38H49F4N5O4S. The van der Waals surface area contributed by atoms with Gasteiger partial charge >= 0.3 is 6.18 Å². The first-order valence-electron chi connectivity index (χ1n) is 17.9. The van der Waals surface area contributed by atoms with E-state index in [2.05, 4.69) is 26.3 Å². The number of aromatic nitrogens is 1. The van der Waals surface area contributed by atoms with E-state index in [1.54, 1.807) is 19.1 Å². The number of aryl methyl sites for hydroxylation is 1. The highest BCUT2D eigenvalue weighted by Gasteiger charge is 2.47. The maximum Gasteiger partial charge on any atom is 0.418 e. The molecular weight excluding hydrogens is 699 g/mol. The van der Waals surface area contributed by atoms with Gasteiger partial charge in [-0.05, 0) is 60.8 Å². The fraction of sp³-hybridized carbons (Fsp3) is 0.526. The molecule has 5 atom stereocenters. The summed E-state index contributed by atoms with van der Waals surface area (Å²) in [5, 5.41) is 21.4. The van der Waals surface area contributed by atoms with Crippen molar-refractivity contribution in [2.24, 2.45) is 11.8 Å². The van der Waals surface area contributed by atoms with Gasteiger partial charge in [0.1, 0.15) is 17.4 Å². The van der Waals surface area contributed by atoms with Crippen LogP contribution < -0.4 is 21.3 Å². The fourth-order valence-electron chi connectivity index (χ4n) is 6.66.